The van der Waals surface area contributed by atoms with Crippen LogP contribution in [-0.4, -0.2) is 30.7 Å². The van der Waals surface area contributed by atoms with Crippen LogP contribution in [0.25, 0.3) is 10.9 Å². The van der Waals surface area contributed by atoms with Crippen LogP contribution < -0.4 is 10.6 Å². The summed E-state index contributed by atoms with van der Waals surface area (Å²) < 4.78 is 0. The zero-order valence-corrected chi connectivity index (χ0v) is 12.2. The van der Waals surface area contributed by atoms with E-state index >= 15 is 0 Å². The number of hydrogen-bond acceptors (Lipinski definition) is 2. The normalized spacial score (nSPS) is 11.6. The lowest BCUT2D eigenvalue weighted by Gasteiger charge is -2.09. The molecule has 104 valence electrons. The van der Waals surface area contributed by atoms with Gasteiger partial charge in [-0.25, -0.2) is 0 Å². The van der Waals surface area contributed by atoms with Crippen LogP contribution in [0.2, 0.25) is 0 Å². The van der Waals surface area contributed by atoms with Gasteiger partial charge in [0.05, 0.1) is 0 Å². The predicted octanol–water partition coefficient (Wildman–Crippen LogP) is 2.61. The molecule has 0 fully saturated rings. The van der Waals surface area contributed by atoms with Crippen LogP contribution >= 0.6 is 0 Å². The molecule has 3 heteroatoms. The van der Waals surface area contributed by atoms with Gasteiger partial charge in [0.1, 0.15) is 0 Å². The van der Waals surface area contributed by atoms with Crippen molar-refractivity contribution in [3.63, 3.8) is 0 Å². The number of aromatic amines is 1. The topological polar surface area (TPSA) is 39.9 Å². The van der Waals surface area contributed by atoms with E-state index in [1.54, 1.807) is 0 Å². The molecule has 0 aliphatic carbocycles. The Balaban J connectivity index is 1.83. The Morgan fingerprint density at radius 3 is 2.68 bits per heavy atom. The maximum absolute atomic E-state index is 3.49. The first kappa shape index (κ1) is 14.1. The SMILES string of the molecule is Cc1[nH]c2ccccc2c1CCNCCNC(C)C. The second-order valence-electron chi connectivity index (χ2n) is 5.38. The van der Waals surface area contributed by atoms with E-state index in [1.807, 2.05) is 0 Å². The van der Waals surface area contributed by atoms with Gasteiger partial charge in [-0.05, 0) is 31.5 Å². The van der Waals surface area contributed by atoms with Crippen LogP contribution in [0.3, 0.4) is 0 Å². The van der Waals surface area contributed by atoms with E-state index in [9.17, 15) is 0 Å². The molecule has 0 amide bonds. The van der Waals surface area contributed by atoms with Crippen LogP contribution in [0.1, 0.15) is 25.1 Å². The van der Waals surface area contributed by atoms with Crippen molar-refractivity contribution in [1.29, 1.82) is 0 Å². The maximum atomic E-state index is 3.49. The van der Waals surface area contributed by atoms with Gasteiger partial charge in [-0.2, -0.15) is 0 Å². The number of aryl methyl sites for hydroxylation is 1. The molecule has 0 unspecified atom stereocenters. The van der Waals surface area contributed by atoms with Crippen LogP contribution in [-0.2, 0) is 6.42 Å². The Morgan fingerprint density at radius 1 is 1.11 bits per heavy atom. The van der Waals surface area contributed by atoms with Crippen molar-refractivity contribution in [2.45, 2.75) is 33.2 Å². The summed E-state index contributed by atoms with van der Waals surface area (Å²) in [5.74, 6) is 0. The summed E-state index contributed by atoms with van der Waals surface area (Å²) in [6.45, 7) is 9.60. The average molecular weight is 259 g/mol. The number of aromatic nitrogens is 1. The second kappa shape index (κ2) is 6.73. The molecule has 0 radical (unpaired) electrons. The molecular formula is C16H25N3. The van der Waals surface area contributed by atoms with Crippen LogP contribution in [0.15, 0.2) is 24.3 Å². The van der Waals surface area contributed by atoms with Crippen molar-refractivity contribution in [1.82, 2.24) is 15.6 Å². The van der Waals surface area contributed by atoms with Crippen molar-refractivity contribution < 1.29 is 0 Å². The van der Waals surface area contributed by atoms with Gasteiger partial charge < -0.3 is 15.6 Å². The highest BCUT2D eigenvalue weighted by atomic mass is 15.0. The summed E-state index contributed by atoms with van der Waals surface area (Å²) in [5, 5.41) is 8.27. The van der Waals surface area contributed by atoms with Crippen LogP contribution in [0, 0.1) is 6.92 Å². The monoisotopic (exact) mass is 259 g/mol. The average Bonchev–Trinajstić information content (AvgIpc) is 2.69. The van der Waals surface area contributed by atoms with E-state index in [-0.39, 0.29) is 0 Å². The number of rotatable bonds is 7. The molecule has 3 nitrogen and oxygen atoms in total. The Labute approximate surface area is 115 Å². The number of para-hydroxylation sites is 1. The highest BCUT2D eigenvalue weighted by Crippen LogP contribution is 2.21. The van der Waals surface area contributed by atoms with Gasteiger partial charge in [0.15, 0.2) is 0 Å². The largest absolute Gasteiger partial charge is 0.358 e. The quantitative estimate of drug-likeness (QED) is 0.669. The molecule has 3 N–H and O–H groups in total. The van der Waals surface area contributed by atoms with Crippen molar-refractivity contribution in [3.8, 4) is 0 Å². The molecule has 0 spiro atoms. The molecule has 2 aromatic rings. The van der Waals surface area contributed by atoms with E-state index in [4.69, 9.17) is 0 Å². The Bertz CT molecular complexity index is 514. The fourth-order valence-electron chi connectivity index (χ4n) is 2.44. The van der Waals surface area contributed by atoms with Gasteiger partial charge in [-0.3, -0.25) is 0 Å². The number of H-pyrrole nitrogens is 1. The molecule has 0 aliphatic rings. The summed E-state index contributed by atoms with van der Waals surface area (Å²) in [5.41, 5.74) is 3.99. The summed E-state index contributed by atoms with van der Waals surface area (Å²) in [7, 11) is 0. The lowest BCUT2D eigenvalue weighted by atomic mass is 10.1. The number of hydrogen-bond donors (Lipinski definition) is 3. The molecule has 0 saturated carbocycles. The first-order chi connectivity index (χ1) is 9.18. The van der Waals surface area contributed by atoms with Crippen LogP contribution in [0.4, 0.5) is 0 Å². The lowest BCUT2D eigenvalue weighted by molar-refractivity contribution is 0.557. The van der Waals surface area contributed by atoms with Gasteiger partial charge in [0, 0.05) is 35.7 Å². The molecule has 1 aromatic carbocycles. The predicted molar refractivity (Wildman–Crippen MR) is 82.7 cm³/mol. The number of nitrogens with one attached hydrogen (secondary N) is 3. The Hall–Kier alpha value is -1.32. The fraction of sp³-hybridized carbons (Fsp3) is 0.500. The highest BCUT2D eigenvalue weighted by Gasteiger charge is 2.06. The summed E-state index contributed by atoms with van der Waals surface area (Å²) in [6, 6.07) is 9.11. The van der Waals surface area contributed by atoms with Crippen molar-refractivity contribution >= 4 is 10.9 Å². The summed E-state index contributed by atoms with van der Waals surface area (Å²) >= 11 is 0. The smallest absolute Gasteiger partial charge is 0.0458 e. The minimum absolute atomic E-state index is 0.567. The minimum Gasteiger partial charge on any atom is -0.358 e. The molecule has 1 aromatic heterocycles. The van der Waals surface area contributed by atoms with Gasteiger partial charge in [-0.15, -0.1) is 0 Å². The lowest BCUT2D eigenvalue weighted by Crippen LogP contribution is -2.32. The van der Waals surface area contributed by atoms with E-state index < -0.39 is 0 Å². The molecule has 1 heterocycles. The summed E-state index contributed by atoms with van der Waals surface area (Å²) in [4.78, 5) is 3.45. The molecule has 0 atom stereocenters. The molecule has 0 saturated heterocycles. The molecule has 2 rings (SSSR count). The zero-order valence-electron chi connectivity index (χ0n) is 12.2. The van der Waals surface area contributed by atoms with Crippen molar-refractivity contribution in [2.75, 3.05) is 19.6 Å². The standard InChI is InChI=1S/C16H25N3/c1-12(2)18-11-10-17-9-8-14-13(3)19-16-7-5-4-6-15(14)16/h4-7,12,17-19H,8-11H2,1-3H3. The Kier molecular flexibility index (Phi) is 5.00. The third kappa shape index (κ3) is 3.82. The van der Waals surface area contributed by atoms with Gasteiger partial charge in [0.25, 0.3) is 0 Å². The molecular weight excluding hydrogens is 234 g/mol. The van der Waals surface area contributed by atoms with Gasteiger partial charge in [-0.1, -0.05) is 32.0 Å². The van der Waals surface area contributed by atoms with E-state index in [1.165, 1.54) is 22.2 Å². The van der Waals surface area contributed by atoms with Crippen LogP contribution in [0.5, 0.6) is 0 Å². The first-order valence-electron chi connectivity index (χ1n) is 7.18. The fourth-order valence-corrected chi connectivity index (χ4v) is 2.44. The number of fused-ring (bicyclic) bond motifs is 1. The molecule has 0 aliphatic heterocycles. The van der Waals surface area contributed by atoms with Crippen molar-refractivity contribution in [2.24, 2.45) is 0 Å². The minimum atomic E-state index is 0.567. The van der Waals surface area contributed by atoms with E-state index in [0.717, 1.165) is 26.1 Å². The molecule has 0 bridgehead atoms. The highest BCUT2D eigenvalue weighted by molar-refractivity contribution is 5.84. The third-order valence-corrected chi connectivity index (χ3v) is 3.43. The van der Waals surface area contributed by atoms with Gasteiger partial charge >= 0.3 is 0 Å². The van der Waals surface area contributed by atoms with E-state index in [2.05, 4.69) is 60.7 Å². The second-order valence-corrected chi connectivity index (χ2v) is 5.38. The zero-order chi connectivity index (χ0) is 13.7. The third-order valence-electron chi connectivity index (χ3n) is 3.43. The number of benzene rings is 1. The van der Waals surface area contributed by atoms with Gasteiger partial charge in [0.2, 0.25) is 0 Å². The first-order valence-corrected chi connectivity index (χ1v) is 7.18. The maximum Gasteiger partial charge on any atom is 0.0458 e. The summed E-state index contributed by atoms with van der Waals surface area (Å²) in [6.07, 6.45) is 1.08. The van der Waals surface area contributed by atoms with Crippen molar-refractivity contribution in [3.05, 3.63) is 35.5 Å². The van der Waals surface area contributed by atoms with E-state index in [0.29, 0.717) is 6.04 Å². The Morgan fingerprint density at radius 2 is 1.89 bits per heavy atom. The molecule has 19 heavy (non-hydrogen) atoms.